The average molecular weight is 698 g/mol. The van der Waals surface area contributed by atoms with Gasteiger partial charge in [-0.25, -0.2) is 34.3 Å². The molecule has 7 nitrogen and oxygen atoms in total. The number of nitrogens with zero attached hydrogens (tertiary/aromatic N) is 3. The maximum Gasteiger partial charge on any atom is 0.307 e. The minimum atomic E-state index is -4.76. The van der Waals surface area contributed by atoms with E-state index in [1.807, 2.05) is 12.1 Å². The molecule has 0 saturated carbocycles. The maximum absolute atomic E-state index is 15.4. The Kier molecular flexibility index (Phi) is 8.70. The van der Waals surface area contributed by atoms with Crippen LogP contribution in [0, 0.1) is 40.1 Å². The SMILES string of the molecule is N#Cc1cccc(C#N)c1-c1c(-c2cccc(-c3c(F)cc(CC(=O)O)cc3F)c2)n(S(=O)(=O)c2ccc(C(F)F)cc2)c2ccc(F)cc12. The highest BCUT2D eigenvalue weighted by Crippen LogP contribution is 2.46. The third-order valence-corrected chi connectivity index (χ3v) is 9.72. The van der Waals surface area contributed by atoms with Gasteiger partial charge in [0.2, 0.25) is 0 Å². The number of carboxylic acids is 1. The van der Waals surface area contributed by atoms with Crippen molar-refractivity contribution in [1.82, 2.24) is 3.97 Å². The lowest BCUT2D eigenvalue weighted by Gasteiger charge is -2.16. The Morgan fingerprint density at radius 1 is 0.760 bits per heavy atom. The van der Waals surface area contributed by atoms with Crippen molar-refractivity contribution in [2.45, 2.75) is 17.7 Å². The standard InChI is InChI=1S/C37H20F5N3O4S/c38-26-9-12-31-28(17-26)35(33-24(18-43)5-2-6-25(33)19-44)36(45(31)50(48,49)27-10-7-21(8-11-27)37(41)42)23-4-1-3-22(16-23)34-29(39)13-20(14-30(34)40)15-32(46)47/h1-14,16-17,37H,15H2,(H,46,47). The van der Waals surface area contributed by atoms with Crippen molar-refractivity contribution in [2.24, 2.45) is 0 Å². The summed E-state index contributed by atoms with van der Waals surface area (Å²) in [7, 11) is -4.76. The molecule has 1 aromatic heterocycles. The second kappa shape index (κ2) is 13.0. The molecule has 1 heterocycles. The van der Waals surface area contributed by atoms with Gasteiger partial charge in [0.1, 0.15) is 17.5 Å². The zero-order valence-electron chi connectivity index (χ0n) is 25.3. The number of carboxylic acid groups (broad SMARTS) is 1. The molecule has 0 spiro atoms. The van der Waals surface area contributed by atoms with Crippen molar-refractivity contribution < 1.29 is 40.3 Å². The summed E-state index contributed by atoms with van der Waals surface area (Å²) in [4.78, 5) is 10.7. The Hall–Kier alpha value is -6.31. The van der Waals surface area contributed by atoms with Crippen LogP contribution in [0.1, 0.15) is 28.7 Å². The molecule has 0 saturated heterocycles. The zero-order valence-corrected chi connectivity index (χ0v) is 26.2. The van der Waals surface area contributed by atoms with Crippen LogP contribution in [0.3, 0.4) is 0 Å². The van der Waals surface area contributed by atoms with E-state index in [4.69, 9.17) is 5.11 Å². The Morgan fingerprint density at radius 2 is 1.36 bits per heavy atom. The molecule has 0 atom stereocenters. The van der Waals surface area contributed by atoms with E-state index >= 15 is 8.78 Å². The summed E-state index contributed by atoms with van der Waals surface area (Å²) in [6.07, 6.45) is -3.54. The van der Waals surface area contributed by atoms with Crippen molar-refractivity contribution in [3.63, 3.8) is 0 Å². The van der Waals surface area contributed by atoms with Gasteiger partial charge < -0.3 is 5.11 Å². The van der Waals surface area contributed by atoms with E-state index in [0.29, 0.717) is 0 Å². The fraction of sp³-hybridized carbons (Fsp3) is 0.0541. The predicted molar refractivity (Wildman–Crippen MR) is 173 cm³/mol. The van der Waals surface area contributed by atoms with E-state index in [0.717, 1.165) is 58.6 Å². The second-order valence-electron chi connectivity index (χ2n) is 11.1. The highest BCUT2D eigenvalue weighted by atomic mass is 32.2. The first-order valence-corrected chi connectivity index (χ1v) is 16.0. The zero-order chi connectivity index (χ0) is 35.9. The van der Waals surface area contributed by atoms with Gasteiger partial charge in [-0.1, -0.05) is 36.4 Å². The number of fused-ring (bicyclic) bond motifs is 1. The van der Waals surface area contributed by atoms with Gasteiger partial charge >= 0.3 is 5.97 Å². The summed E-state index contributed by atoms with van der Waals surface area (Å²) in [5.41, 5.74) is -1.87. The predicted octanol–water partition coefficient (Wildman–Crippen LogP) is 8.60. The normalized spacial score (nSPS) is 11.4. The van der Waals surface area contributed by atoms with Crippen molar-refractivity contribution in [2.75, 3.05) is 0 Å². The van der Waals surface area contributed by atoms with Crippen LogP contribution in [0.15, 0.2) is 102 Å². The fourth-order valence-electron chi connectivity index (χ4n) is 5.90. The summed E-state index contributed by atoms with van der Waals surface area (Å²) < 4.78 is 102. The number of hydrogen-bond acceptors (Lipinski definition) is 5. The molecule has 0 bridgehead atoms. The van der Waals surface area contributed by atoms with Gasteiger partial charge in [-0.15, -0.1) is 0 Å². The number of halogens is 5. The van der Waals surface area contributed by atoms with Gasteiger partial charge in [0.15, 0.2) is 0 Å². The first kappa shape index (κ1) is 33.6. The monoisotopic (exact) mass is 697 g/mol. The molecular weight excluding hydrogens is 677 g/mol. The van der Waals surface area contributed by atoms with E-state index in [1.165, 1.54) is 42.5 Å². The number of benzene rings is 5. The molecular formula is C37H20F5N3O4S. The van der Waals surface area contributed by atoms with E-state index in [9.17, 15) is 36.9 Å². The highest BCUT2D eigenvalue weighted by Gasteiger charge is 2.31. The number of hydrogen-bond donors (Lipinski definition) is 1. The lowest BCUT2D eigenvalue weighted by atomic mass is 9.90. The van der Waals surface area contributed by atoms with Gasteiger partial charge in [0.25, 0.3) is 16.4 Å². The fourth-order valence-corrected chi connectivity index (χ4v) is 7.44. The Labute approximate surface area is 281 Å². The number of rotatable bonds is 8. The van der Waals surface area contributed by atoms with Crippen molar-refractivity contribution in [3.8, 4) is 45.6 Å². The number of aromatic nitrogens is 1. The van der Waals surface area contributed by atoms with E-state index < -0.39 is 62.3 Å². The summed E-state index contributed by atoms with van der Waals surface area (Å²) >= 11 is 0. The average Bonchev–Trinajstić information content (AvgIpc) is 3.42. The summed E-state index contributed by atoms with van der Waals surface area (Å²) in [6, 6.07) is 22.2. The van der Waals surface area contributed by atoms with Crippen LogP contribution in [0.25, 0.3) is 44.4 Å². The van der Waals surface area contributed by atoms with Crippen molar-refractivity contribution in [1.29, 1.82) is 10.5 Å². The van der Waals surface area contributed by atoms with Gasteiger partial charge in [-0.2, -0.15) is 10.5 Å². The van der Waals surface area contributed by atoms with E-state index in [2.05, 4.69) is 0 Å². The van der Waals surface area contributed by atoms with Gasteiger partial charge in [0.05, 0.1) is 51.4 Å². The van der Waals surface area contributed by atoms with Gasteiger partial charge in [-0.05, 0) is 71.8 Å². The number of alkyl halides is 2. The van der Waals surface area contributed by atoms with Crippen LogP contribution in [-0.4, -0.2) is 23.5 Å². The number of nitriles is 2. The van der Waals surface area contributed by atoms with Crippen LogP contribution in [0.2, 0.25) is 0 Å². The molecule has 0 aliphatic carbocycles. The molecule has 1 N–H and O–H groups in total. The molecule has 0 unspecified atom stereocenters. The van der Waals surface area contributed by atoms with Gasteiger partial charge in [0, 0.05) is 27.6 Å². The van der Waals surface area contributed by atoms with E-state index in [-0.39, 0.29) is 55.5 Å². The summed E-state index contributed by atoms with van der Waals surface area (Å²) in [5, 5.41) is 29.2. The molecule has 5 aromatic carbocycles. The minimum Gasteiger partial charge on any atom is -0.481 e. The molecule has 0 aliphatic heterocycles. The first-order valence-electron chi connectivity index (χ1n) is 14.6. The third-order valence-electron chi connectivity index (χ3n) is 7.99. The Morgan fingerprint density at radius 3 is 1.94 bits per heavy atom. The molecule has 0 aliphatic rings. The molecule has 50 heavy (non-hydrogen) atoms. The highest BCUT2D eigenvalue weighted by molar-refractivity contribution is 7.90. The maximum atomic E-state index is 15.4. The van der Waals surface area contributed by atoms with Gasteiger partial charge in [-0.3, -0.25) is 4.79 Å². The quantitative estimate of drug-likeness (QED) is 0.159. The molecule has 0 amide bonds. The molecule has 248 valence electrons. The Balaban J connectivity index is 1.75. The lowest BCUT2D eigenvalue weighted by molar-refractivity contribution is -0.136. The molecule has 6 rings (SSSR count). The largest absolute Gasteiger partial charge is 0.481 e. The first-order chi connectivity index (χ1) is 23.8. The van der Waals surface area contributed by atoms with Crippen LogP contribution in [0.4, 0.5) is 22.0 Å². The summed E-state index contributed by atoms with van der Waals surface area (Å²) in [5.74, 6) is -4.31. The molecule has 13 heteroatoms. The van der Waals surface area contributed by atoms with Crippen molar-refractivity contribution in [3.05, 3.63) is 137 Å². The Bertz CT molecular complexity index is 2500. The minimum absolute atomic E-state index is 0.00747. The molecule has 0 fully saturated rings. The van der Waals surface area contributed by atoms with Crippen LogP contribution < -0.4 is 0 Å². The van der Waals surface area contributed by atoms with Crippen LogP contribution in [0.5, 0.6) is 0 Å². The molecule has 6 aromatic rings. The number of carbonyl (C=O) groups is 1. The summed E-state index contributed by atoms with van der Waals surface area (Å²) in [6.45, 7) is 0. The second-order valence-corrected chi connectivity index (χ2v) is 12.8. The van der Waals surface area contributed by atoms with E-state index in [1.54, 1.807) is 0 Å². The lowest BCUT2D eigenvalue weighted by Crippen LogP contribution is -2.14. The van der Waals surface area contributed by atoms with Crippen LogP contribution in [-0.2, 0) is 21.2 Å². The topological polar surface area (TPSA) is 124 Å². The third kappa shape index (κ3) is 5.84. The molecule has 0 radical (unpaired) electrons. The number of aliphatic carboxylic acids is 1. The smallest absolute Gasteiger partial charge is 0.307 e. The van der Waals surface area contributed by atoms with Crippen molar-refractivity contribution >= 4 is 26.9 Å². The van der Waals surface area contributed by atoms with Crippen LogP contribution >= 0.6 is 0 Å².